The number of ether oxygens (including phenoxy) is 2. The number of alkyl carbamates (subject to hydrolysis) is 1. The molecule has 0 spiro atoms. The molecule has 12 nitrogen and oxygen atoms in total. The standard InChI is InChI=1S/C29H36N8O4/c1-27(2,3)40-25(38)32-16-29(7)17-37(26(39)41-28(4,5)6)23-19(15-30)13-18(14-20(23)29)21-9-11-31-24(33-21)34-22-10-12-36(8)35-22/h9-14H,16-17H2,1-8H3,(H,32,38)(H,31,33,34,35)/t29-/m0/s1. The second-order valence-corrected chi connectivity index (χ2v) is 12.3. The topological polar surface area (TPSA) is 147 Å². The average molecular weight is 561 g/mol. The quantitative estimate of drug-likeness (QED) is 0.438. The van der Waals surface area contributed by atoms with E-state index in [0.29, 0.717) is 34.3 Å². The Morgan fingerprint density at radius 1 is 1.12 bits per heavy atom. The van der Waals surface area contributed by atoms with Gasteiger partial charge in [-0.25, -0.2) is 19.6 Å². The van der Waals surface area contributed by atoms with Crippen LogP contribution in [0.3, 0.4) is 0 Å². The molecule has 2 amide bonds. The Labute approximate surface area is 239 Å². The summed E-state index contributed by atoms with van der Waals surface area (Å²) in [5.41, 5.74) is 0.462. The van der Waals surface area contributed by atoms with Gasteiger partial charge in [-0.3, -0.25) is 9.58 Å². The molecule has 0 unspecified atom stereocenters. The first-order valence-electron chi connectivity index (χ1n) is 13.2. The molecule has 3 heterocycles. The van der Waals surface area contributed by atoms with Crippen molar-refractivity contribution in [2.45, 2.75) is 65.1 Å². The first-order chi connectivity index (χ1) is 19.1. The molecule has 1 aliphatic heterocycles. The molecule has 0 saturated carbocycles. The zero-order valence-electron chi connectivity index (χ0n) is 24.7. The number of anilines is 3. The molecular weight excluding hydrogens is 524 g/mol. The van der Waals surface area contributed by atoms with Crippen LogP contribution in [0.1, 0.15) is 59.6 Å². The summed E-state index contributed by atoms with van der Waals surface area (Å²) < 4.78 is 12.8. The summed E-state index contributed by atoms with van der Waals surface area (Å²) in [7, 11) is 1.81. The van der Waals surface area contributed by atoms with Crippen LogP contribution in [-0.2, 0) is 21.9 Å². The summed E-state index contributed by atoms with van der Waals surface area (Å²) in [5.74, 6) is 0.926. The van der Waals surface area contributed by atoms with Gasteiger partial charge in [-0.15, -0.1) is 0 Å². The van der Waals surface area contributed by atoms with E-state index in [0.717, 1.165) is 0 Å². The largest absolute Gasteiger partial charge is 0.444 e. The number of carbonyl (C=O) groups excluding carboxylic acids is 2. The molecule has 12 heteroatoms. The van der Waals surface area contributed by atoms with E-state index < -0.39 is 28.8 Å². The van der Waals surface area contributed by atoms with Crippen LogP contribution in [0, 0.1) is 11.3 Å². The van der Waals surface area contributed by atoms with Gasteiger partial charge >= 0.3 is 12.2 Å². The predicted molar refractivity (Wildman–Crippen MR) is 154 cm³/mol. The van der Waals surface area contributed by atoms with Gasteiger partial charge in [0.05, 0.1) is 16.9 Å². The van der Waals surface area contributed by atoms with E-state index >= 15 is 0 Å². The van der Waals surface area contributed by atoms with Crippen molar-refractivity contribution >= 4 is 29.6 Å². The molecule has 2 N–H and O–H groups in total. The van der Waals surface area contributed by atoms with Crippen LogP contribution in [0.2, 0.25) is 0 Å². The summed E-state index contributed by atoms with van der Waals surface area (Å²) in [6, 6.07) is 9.37. The Kier molecular flexibility index (Phi) is 7.67. The average Bonchev–Trinajstić information content (AvgIpc) is 3.41. The van der Waals surface area contributed by atoms with Crippen molar-refractivity contribution in [1.29, 1.82) is 5.26 Å². The highest BCUT2D eigenvalue weighted by Gasteiger charge is 2.45. The maximum atomic E-state index is 13.3. The zero-order chi connectivity index (χ0) is 30.2. The van der Waals surface area contributed by atoms with Gasteiger partial charge in [0.1, 0.15) is 17.3 Å². The van der Waals surface area contributed by atoms with Crippen LogP contribution < -0.4 is 15.5 Å². The third-order valence-corrected chi connectivity index (χ3v) is 6.20. The first-order valence-corrected chi connectivity index (χ1v) is 13.2. The number of amides is 2. The maximum absolute atomic E-state index is 13.3. The second-order valence-electron chi connectivity index (χ2n) is 12.3. The van der Waals surface area contributed by atoms with Crippen molar-refractivity contribution in [2.24, 2.45) is 7.05 Å². The fraction of sp³-hybridized carbons (Fsp3) is 0.448. The van der Waals surface area contributed by atoms with Gasteiger partial charge in [-0.05, 0) is 65.3 Å². The minimum atomic E-state index is -0.771. The van der Waals surface area contributed by atoms with E-state index in [9.17, 15) is 14.9 Å². The summed E-state index contributed by atoms with van der Waals surface area (Å²) in [6.45, 7) is 13.0. The molecule has 0 bridgehead atoms. The van der Waals surface area contributed by atoms with E-state index in [1.807, 2.05) is 20.0 Å². The minimum absolute atomic E-state index is 0.152. The first kappa shape index (κ1) is 29.3. The monoisotopic (exact) mass is 560 g/mol. The number of nitrogens with one attached hydrogen (secondary N) is 2. The number of aromatic nitrogens is 4. The van der Waals surface area contributed by atoms with Crippen molar-refractivity contribution in [3.05, 3.63) is 47.8 Å². The Morgan fingerprint density at radius 3 is 2.44 bits per heavy atom. The summed E-state index contributed by atoms with van der Waals surface area (Å²) in [5, 5.41) is 20.4. The smallest absolute Gasteiger partial charge is 0.414 e. The molecule has 1 aromatic carbocycles. The lowest BCUT2D eigenvalue weighted by Gasteiger charge is -2.28. The number of fused-ring (bicyclic) bond motifs is 1. The molecule has 41 heavy (non-hydrogen) atoms. The third kappa shape index (κ3) is 6.92. The van der Waals surface area contributed by atoms with Crippen LogP contribution in [0.5, 0.6) is 0 Å². The van der Waals surface area contributed by atoms with Crippen molar-refractivity contribution in [3.63, 3.8) is 0 Å². The molecule has 3 aromatic rings. The molecule has 0 aliphatic carbocycles. The normalized spacial score (nSPS) is 16.5. The predicted octanol–water partition coefficient (Wildman–Crippen LogP) is 5.03. The molecule has 0 fully saturated rings. The van der Waals surface area contributed by atoms with Gasteiger partial charge in [-0.1, -0.05) is 6.92 Å². The molecule has 4 rings (SSSR count). The van der Waals surface area contributed by atoms with E-state index in [-0.39, 0.29) is 18.7 Å². The molecule has 1 aliphatic rings. The van der Waals surface area contributed by atoms with Crippen molar-refractivity contribution in [2.75, 3.05) is 23.3 Å². The lowest BCUT2D eigenvalue weighted by molar-refractivity contribution is 0.0517. The van der Waals surface area contributed by atoms with Crippen molar-refractivity contribution in [1.82, 2.24) is 25.1 Å². The third-order valence-electron chi connectivity index (χ3n) is 6.20. The number of rotatable bonds is 5. The van der Waals surface area contributed by atoms with E-state index in [1.165, 1.54) is 4.90 Å². The fourth-order valence-electron chi connectivity index (χ4n) is 4.51. The van der Waals surface area contributed by atoms with Crippen molar-refractivity contribution in [3.8, 4) is 17.3 Å². The Hall–Kier alpha value is -4.66. The Bertz CT molecular complexity index is 1510. The summed E-state index contributed by atoms with van der Waals surface area (Å²) in [6.07, 6.45) is 2.26. The number of carbonyl (C=O) groups is 2. The Morgan fingerprint density at radius 2 is 1.83 bits per heavy atom. The van der Waals surface area contributed by atoms with Crippen LogP contribution >= 0.6 is 0 Å². The highest BCUT2D eigenvalue weighted by atomic mass is 16.6. The van der Waals surface area contributed by atoms with E-state index in [4.69, 9.17) is 9.47 Å². The number of hydrogen-bond acceptors (Lipinski definition) is 9. The molecule has 0 radical (unpaired) electrons. The number of nitriles is 1. The van der Waals surface area contributed by atoms with Gasteiger partial charge in [0.2, 0.25) is 5.95 Å². The lowest BCUT2D eigenvalue weighted by atomic mass is 9.82. The number of hydrogen-bond donors (Lipinski definition) is 2. The highest BCUT2D eigenvalue weighted by Crippen LogP contribution is 2.45. The molecule has 0 saturated heterocycles. The van der Waals surface area contributed by atoms with Crippen LogP contribution in [0.25, 0.3) is 11.3 Å². The summed E-state index contributed by atoms with van der Waals surface area (Å²) in [4.78, 5) is 36.3. The number of nitrogens with zero attached hydrogens (tertiary/aromatic N) is 6. The van der Waals surface area contributed by atoms with Crippen LogP contribution in [0.4, 0.5) is 27.0 Å². The second kappa shape index (κ2) is 10.7. The van der Waals surface area contributed by atoms with Crippen LogP contribution in [-0.4, -0.2) is 56.2 Å². The lowest BCUT2D eigenvalue weighted by Crippen LogP contribution is -2.45. The fourth-order valence-corrected chi connectivity index (χ4v) is 4.51. The van der Waals surface area contributed by atoms with E-state index in [2.05, 4.69) is 31.8 Å². The molecule has 2 aromatic heterocycles. The molecular formula is C29H36N8O4. The zero-order valence-corrected chi connectivity index (χ0v) is 24.7. The van der Waals surface area contributed by atoms with Gasteiger partial charge < -0.3 is 20.1 Å². The molecule has 1 atom stereocenters. The minimum Gasteiger partial charge on any atom is -0.444 e. The van der Waals surface area contributed by atoms with Crippen molar-refractivity contribution < 1.29 is 19.1 Å². The van der Waals surface area contributed by atoms with Gasteiger partial charge in [0, 0.05) is 49.6 Å². The highest BCUT2D eigenvalue weighted by molar-refractivity contribution is 5.95. The SMILES string of the molecule is Cn1ccc(Nc2nccc(-c3cc(C#N)c4c(c3)[C@@](C)(CNC(=O)OC(C)(C)C)CN4C(=O)OC(C)(C)C)n2)n1. The number of aryl methyl sites for hydroxylation is 1. The van der Waals surface area contributed by atoms with E-state index in [1.54, 1.807) is 76.8 Å². The van der Waals surface area contributed by atoms with Gasteiger partial charge in [-0.2, -0.15) is 10.4 Å². The number of benzene rings is 1. The summed E-state index contributed by atoms with van der Waals surface area (Å²) >= 11 is 0. The van der Waals surface area contributed by atoms with Gasteiger partial charge in [0.25, 0.3) is 0 Å². The van der Waals surface area contributed by atoms with Gasteiger partial charge in [0.15, 0.2) is 5.82 Å². The maximum Gasteiger partial charge on any atom is 0.414 e. The molecule has 216 valence electrons. The van der Waals surface area contributed by atoms with Crippen LogP contribution in [0.15, 0.2) is 36.7 Å². The Balaban J connectivity index is 1.75.